The molecule has 0 saturated heterocycles. The molecule has 15 heteroatoms. The SMILES string of the molecule is [2H]C([2H])([2H])C1(C([2H])([2H])[2H])Oc2ccc(Cc3nc(Cc4cc(O)c(OC)c(O)c4)ncc3F)nc2N(COP(=O)(O)O)C1=O. The van der Waals surface area contributed by atoms with Crippen molar-refractivity contribution in [2.45, 2.75) is 32.1 Å². The number of pyridine rings is 1. The Hall–Kier alpha value is -3.84. The average molecular weight is 556 g/mol. The first-order valence-electron chi connectivity index (χ1n) is 13.6. The van der Waals surface area contributed by atoms with Gasteiger partial charge in [0, 0.05) is 26.8 Å². The molecule has 4 rings (SSSR count). The summed E-state index contributed by atoms with van der Waals surface area (Å²) in [6, 6.07) is 4.85. The van der Waals surface area contributed by atoms with Crippen molar-refractivity contribution in [1.82, 2.24) is 15.0 Å². The normalized spacial score (nSPS) is 17.7. The minimum Gasteiger partial charge on any atom is -0.504 e. The topological polar surface area (TPSA) is 185 Å². The maximum atomic E-state index is 14.7. The van der Waals surface area contributed by atoms with E-state index in [1.165, 1.54) is 25.3 Å². The summed E-state index contributed by atoms with van der Waals surface area (Å²) >= 11 is 0. The highest BCUT2D eigenvalue weighted by Gasteiger charge is 2.42. The van der Waals surface area contributed by atoms with Crippen LogP contribution in [0.15, 0.2) is 30.5 Å². The highest BCUT2D eigenvalue weighted by atomic mass is 31.2. The van der Waals surface area contributed by atoms with Gasteiger partial charge in [-0.15, -0.1) is 0 Å². The van der Waals surface area contributed by atoms with Crippen LogP contribution < -0.4 is 14.4 Å². The van der Waals surface area contributed by atoms with Crippen molar-refractivity contribution in [2.75, 3.05) is 18.7 Å². The van der Waals surface area contributed by atoms with E-state index in [1.54, 1.807) is 0 Å². The van der Waals surface area contributed by atoms with Crippen molar-refractivity contribution >= 4 is 19.5 Å². The molecule has 202 valence electrons. The Morgan fingerprint density at radius 1 is 1.18 bits per heavy atom. The summed E-state index contributed by atoms with van der Waals surface area (Å²) in [6.45, 7) is -8.49. The molecule has 1 aromatic carbocycles. The summed E-state index contributed by atoms with van der Waals surface area (Å²) in [7, 11) is -4.01. The second kappa shape index (κ2) is 10.1. The van der Waals surface area contributed by atoms with Gasteiger partial charge in [-0.1, -0.05) is 0 Å². The van der Waals surface area contributed by atoms with Crippen LogP contribution in [0.1, 0.15) is 44.7 Å². The number of phosphoric ester groups is 1. The maximum Gasteiger partial charge on any atom is 0.471 e. The van der Waals surface area contributed by atoms with Gasteiger partial charge in [0.2, 0.25) is 5.75 Å². The zero-order chi connectivity index (χ0) is 32.8. The third-order valence-electron chi connectivity index (χ3n) is 5.21. The Labute approximate surface area is 224 Å². The summed E-state index contributed by atoms with van der Waals surface area (Å²) in [6.07, 6.45) is 0.449. The second-order valence-electron chi connectivity index (χ2n) is 7.99. The zero-order valence-corrected chi connectivity index (χ0v) is 20.3. The molecular weight excluding hydrogens is 526 g/mol. The monoisotopic (exact) mass is 556 g/mol. The van der Waals surface area contributed by atoms with E-state index in [9.17, 15) is 33.7 Å². The van der Waals surface area contributed by atoms with Crippen molar-refractivity contribution in [3.63, 3.8) is 0 Å². The minimum absolute atomic E-state index is 0.0140. The maximum absolute atomic E-state index is 14.7. The summed E-state index contributed by atoms with van der Waals surface area (Å²) in [5.74, 6) is -4.48. The number of phosphoric acid groups is 1. The van der Waals surface area contributed by atoms with Gasteiger partial charge in [0.1, 0.15) is 12.6 Å². The average Bonchev–Trinajstić information content (AvgIpc) is 2.87. The number of fused-ring (bicyclic) bond motifs is 1. The second-order valence-corrected chi connectivity index (χ2v) is 9.23. The van der Waals surface area contributed by atoms with E-state index in [2.05, 4.69) is 19.5 Å². The number of ether oxygens (including phenoxy) is 2. The molecular formula is C23H24FN4O9P. The van der Waals surface area contributed by atoms with Crippen LogP contribution in [0.3, 0.4) is 0 Å². The largest absolute Gasteiger partial charge is 0.504 e. The number of carbonyl (C=O) groups is 1. The van der Waals surface area contributed by atoms with Crippen LogP contribution in [-0.2, 0) is 26.7 Å². The van der Waals surface area contributed by atoms with Gasteiger partial charge in [-0.2, -0.15) is 0 Å². The van der Waals surface area contributed by atoms with Crippen LogP contribution >= 0.6 is 7.82 Å². The zero-order valence-electron chi connectivity index (χ0n) is 25.5. The standard InChI is InChI=1S/C23H24FN4O9P/c1-23(2)22(31)28(11-36-38(32,33)34)21-18(37-23)5-4-13(26-21)9-15-14(24)10-25-19(27-15)8-12-6-16(29)20(35-3)17(30)7-12/h4-7,10,29-30H,8-9,11H2,1-3H3,(H2,32,33,34)/i1D3,2D3. The molecule has 3 heterocycles. The molecule has 0 radical (unpaired) electrons. The Bertz CT molecular complexity index is 1620. The predicted octanol–water partition coefficient (Wildman–Crippen LogP) is 2.18. The van der Waals surface area contributed by atoms with Gasteiger partial charge in [-0.05, 0) is 43.5 Å². The predicted molar refractivity (Wildman–Crippen MR) is 128 cm³/mol. The van der Waals surface area contributed by atoms with Gasteiger partial charge in [0.15, 0.2) is 34.5 Å². The number of hydrogen-bond acceptors (Lipinski definition) is 10. The van der Waals surface area contributed by atoms with Crippen molar-refractivity contribution in [2.24, 2.45) is 0 Å². The highest BCUT2D eigenvalue weighted by Crippen LogP contribution is 2.41. The van der Waals surface area contributed by atoms with E-state index in [0.29, 0.717) is 10.5 Å². The number of halogens is 1. The fourth-order valence-corrected chi connectivity index (χ4v) is 3.83. The van der Waals surface area contributed by atoms with E-state index in [1.807, 2.05) is 0 Å². The van der Waals surface area contributed by atoms with Crippen LogP contribution in [-0.4, -0.2) is 60.3 Å². The molecule has 13 nitrogen and oxygen atoms in total. The van der Waals surface area contributed by atoms with Crippen molar-refractivity contribution in [1.29, 1.82) is 0 Å². The highest BCUT2D eigenvalue weighted by molar-refractivity contribution is 7.46. The summed E-state index contributed by atoms with van der Waals surface area (Å²) in [5.41, 5.74) is -3.34. The molecule has 0 aliphatic carbocycles. The Balaban J connectivity index is 1.72. The fraction of sp³-hybridized carbons (Fsp3) is 0.304. The van der Waals surface area contributed by atoms with E-state index in [0.717, 1.165) is 12.3 Å². The van der Waals surface area contributed by atoms with Crippen molar-refractivity contribution in [3.8, 4) is 23.0 Å². The molecule has 2 aromatic heterocycles. The number of aromatic hydroxyl groups is 2. The number of hydrogen-bond donors (Lipinski definition) is 4. The number of amides is 1. The number of rotatable bonds is 8. The number of anilines is 1. The molecule has 0 unspecified atom stereocenters. The molecule has 0 spiro atoms. The number of aromatic nitrogens is 3. The first-order valence-corrected chi connectivity index (χ1v) is 12.1. The summed E-state index contributed by atoms with van der Waals surface area (Å²) in [4.78, 5) is 44.3. The third-order valence-corrected chi connectivity index (χ3v) is 5.66. The van der Waals surface area contributed by atoms with Crippen molar-refractivity contribution < 1.29 is 56.0 Å². The van der Waals surface area contributed by atoms with Gasteiger partial charge < -0.3 is 29.5 Å². The Morgan fingerprint density at radius 2 is 1.89 bits per heavy atom. The third kappa shape index (κ3) is 5.83. The first-order chi connectivity index (χ1) is 20.3. The molecule has 1 amide bonds. The lowest BCUT2D eigenvalue weighted by Crippen LogP contribution is -2.53. The van der Waals surface area contributed by atoms with E-state index in [-0.39, 0.29) is 47.3 Å². The van der Waals surface area contributed by atoms with Crippen LogP contribution in [0.5, 0.6) is 23.0 Å². The number of phenolic OH excluding ortho intramolecular Hbond substituents is 2. The number of phenols is 2. The molecule has 1 aliphatic rings. The summed E-state index contributed by atoms with van der Waals surface area (Å²) < 4.78 is 87.5. The Kier molecular flexibility index (Phi) is 5.38. The number of nitrogens with zero attached hydrogens (tertiary/aromatic N) is 4. The molecule has 38 heavy (non-hydrogen) atoms. The molecule has 3 aromatic rings. The van der Waals surface area contributed by atoms with E-state index < -0.39 is 57.2 Å². The van der Waals surface area contributed by atoms with Crippen LogP contribution in [0.4, 0.5) is 10.2 Å². The molecule has 0 bridgehead atoms. The van der Waals surface area contributed by atoms with Crippen LogP contribution in [0, 0.1) is 5.82 Å². The molecule has 0 saturated carbocycles. The lowest BCUT2D eigenvalue weighted by molar-refractivity contribution is -0.133. The van der Waals surface area contributed by atoms with E-state index >= 15 is 0 Å². The number of carbonyl (C=O) groups excluding carboxylic acids is 1. The Morgan fingerprint density at radius 3 is 2.53 bits per heavy atom. The minimum atomic E-state index is -5.26. The molecule has 0 fully saturated rings. The number of benzene rings is 1. The molecule has 4 N–H and O–H groups in total. The molecule has 0 atom stereocenters. The van der Waals surface area contributed by atoms with Gasteiger partial charge in [0.25, 0.3) is 5.91 Å². The quantitative estimate of drug-likeness (QED) is 0.297. The van der Waals surface area contributed by atoms with Crippen LogP contribution in [0.25, 0.3) is 0 Å². The molecule has 1 aliphatic heterocycles. The summed E-state index contributed by atoms with van der Waals surface area (Å²) in [5, 5.41) is 20.1. The van der Waals surface area contributed by atoms with Crippen LogP contribution in [0.2, 0.25) is 0 Å². The van der Waals surface area contributed by atoms with E-state index in [4.69, 9.17) is 17.7 Å². The van der Waals surface area contributed by atoms with Gasteiger partial charge in [-0.25, -0.2) is 23.9 Å². The van der Waals surface area contributed by atoms with Gasteiger partial charge in [-0.3, -0.25) is 14.2 Å². The van der Waals surface area contributed by atoms with Gasteiger partial charge in [0.05, 0.1) is 19.0 Å². The van der Waals surface area contributed by atoms with Crippen molar-refractivity contribution in [3.05, 3.63) is 59.1 Å². The lowest BCUT2D eigenvalue weighted by Gasteiger charge is -2.37. The number of methoxy groups -OCH3 is 1. The first kappa shape index (κ1) is 20.2. The van der Waals surface area contributed by atoms with Gasteiger partial charge >= 0.3 is 7.82 Å². The lowest BCUT2D eigenvalue weighted by atomic mass is 10.1. The fourth-order valence-electron chi connectivity index (χ4n) is 3.57. The smallest absolute Gasteiger partial charge is 0.471 e.